The molecule has 13 heavy (non-hydrogen) atoms. The Bertz CT molecular complexity index is 137. The van der Waals surface area contributed by atoms with Crippen molar-refractivity contribution in [3.63, 3.8) is 0 Å². The van der Waals surface area contributed by atoms with E-state index in [1.54, 1.807) is 0 Å². The van der Waals surface area contributed by atoms with Gasteiger partial charge in [-0.05, 0) is 6.42 Å². The lowest BCUT2D eigenvalue weighted by Gasteiger charge is -2.13. The lowest BCUT2D eigenvalue weighted by molar-refractivity contribution is 0.177. The summed E-state index contributed by atoms with van der Waals surface area (Å²) in [6.45, 7) is 3.08. The van der Waals surface area contributed by atoms with E-state index in [0.29, 0.717) is 19.4 Å². The van der Waals surface area contributed by atoms with Crippen molar-refractivity contribution < 1.29 is 14.8 Å². The molecule has 0 heterocycles. The Morgan fingerprint density at radius 2 is 1.77 bits per heavy atom. The highest BCUT2D eigenvalue weighted by Crippen LogP contribution is 2.22. The SMILES string of the molecule is CCC[P+](=O)CN(CCO)CCO. The summed E-state index contributed by atoms with van der Waals surface area (Å²) in [6, 6.07) is 0. The van der Waals surface area contributed by atoms with Crippen molar-refractivity contribution in [1.82, 2.24) is 4.90 Å². The molecule has 0 aliphatic heterocycles. The van der Waals surface area contributed by atoms with Crippen LogP contribution < -0.4 is 0 Å². The van der Waals surface area contributed by atoms with Crippen LogP contribution in [0.15, 0.2) is 0 Å². The van der Waals surface area contributed by atoms with Gasteiger partial charge in [0.2, 0.25) is 0 Å². The maximum Gasteiger partial charge on any atom is 0.354 e. The molecule has 4 nitrogen and oxygen atoms in total. The quantitative estimate of drug-likeness (QED) is 0.569. The first-order chi connectivity index (χ1) is 6.24. The molecule has 0 bridgehead atoms. The molecule has 0 saturated carbocycles. The molecule has 5 heteroatoms. The second-order valence-corrected chi connectivity index (χ2v) is 4.61. The van der Waals surface area contributed by atoms with Crippen molar-refractivity contribution in [3.8, 4) is 0 Å². The number of nitrogens with zero attached hydrogens (tertiary/aromatic N) is 1. The Morgan fingerprint density at radius 1 is 1.23 bits per heavy atom. The molecule has 1 atom stereocenters. The number of aliphatic hydroxyl groups excluding tert-OH is 2. The summed E-state index contributed by atoms with van der Waals surface area (Å²) in [7, 11) is -1.19. The first-order valence-electron chi connectivity index (χ1n) is 4.60. The molecule has 2 N–H and O–H groups in total. The molecule has 0 aromatic heterocycles. The molecule has 0 saturated heterocycles. The van der Waals surface area contributed by atoms with Gasteiger partial charge in [0.15, 0.2) is 6.29 Å². The van der Waals surface area contributed by atoms with E-state index in [2.05, 4.69) is 0 Å². The van der Waals surface area contributed by atoms with Crippen LogP contribution in [0.1, 0.15) is 13.3 Å². The van der Waals surface area contributed by atoms with Crippen molar-refractivity contribution in [3.05, 3.63) is 0 Å². The van der Waals surface area contributed by atoms with Gasteiger partial charge in [-0.15, -0.1) is 0 Å². The summed E-state index contributed by atoms with van der Waals surface area (Å²) in [5.41, 5.74) is 0. The minimum Gasteiger partial charge on any atom is -0.395 e. The van der Waals surface area contributed by atoms with E-state index in [9.17, 15) is 4.57 Å². The van der Waals surface area contributed by atoms with Crippen LogP contribution >= 0.6 is 7.80 Å². The molecule has 0 aromatic carbocycles. The molecular formula is C8H19NO3P+. The van der Waals surface area contributed by atoms with Gasteiger partial charge in [-0.1, -0.05) is 11.5 Å². The van der Waals surface area contributed by atoms with Gasteiger partial charge >= 0.3 is 7.80 Å². The number of aliphatic hydroxyl groups is 2. The van der Waals surface area contributed by atoms with Crippen molar-refractivity contribution in [1.29, 1.82) is 0 Å². The fourth-order valence-corrected chi connectivity index (χ4v) is 2.45. The molecule has 0 aromatic rings. The van der Waals surface area contributed by atoms with Crippen molar-refractivity contribution in [2.24, 2.45) is 0 Å². The van der Waals surface area contributed by atoms with Gasteiger partial charge in [0.25, 0.3) is 0 Å². The van der Waals surface area contributed by atoms with Crippen molar-refractivity contribution in [2.45, 2.75) is 13.3 Å². The van der Waals surface area contributed by atoms with Gasteiger partial charge in [-0.3, -0.25) is 4.90 Å². The second kappa shape index (κ2) is 8.57. The van der Waals surface area contributed by atoms with Crippen LogP contribution in [-0.4, -0.2) is 53.9 Å². The lowest BCUT2D eigenvalue weighted by Crippen LogP contribution is -2.29. The molecule has 0 fully saturated rings. The number of rotatable bonds is 8. The van der Waals surface area contributed by atoms with Crippen LogP contribution in [0.2, 0.25) is 0 Å². The summed E-state index contributed by atoms with van der Waals surface area (Å²) in [6.07, 6.45) is 2.13. The molecule has 0 amide bonds. The Morgan fingerprint density at radius 3 is 2.15 bits per heavy atom. The third kappa shape index (κ3) is 7.08. The fraction of sp³-hybridized carbons (Fsp3) is 1.00. The van der Waals surface area contributed by atoms with E-state index >= 15 is 0 Å². The summed E-state index contributed by atoms with van der Waals surface area (Å²) < 4.78 is 11.3. The minimum atomic E-state index is -1.19. The van der Waals surface area contributed by atoms with E-state index < -0.39 is 7.80 Å². The largest absolute Gasteiger partial charge is 0.395 e. The van der Waals surface area contributed by atoms with Crippen LogP contribution in [-0.2, 0) is 4.57 Å². The zero-order chi connectivity index (χ0) is 10.1. The fourth-order valence-electron chi connectivity index (χ4n) is 1.08. The third-order valence-electron chi connectivity index (χ3n) is 1.66. The Kier molecular flexibility index (Phi) is 8.56. The molecule has 1 unspecified atom stereocenters. The van der Waals surface area contributed by atoms with Crippen molar-refractivity contribution in [2.75, 3.05) is 38.8 Å². The first-order valence-corrected chi connectivity index (χ1v) is 6.23. The van der Waals surface area contributed by atoms with Crippen LogP contribution in [0.4, 0.5) is 0 Å². The van der Waals surface area contributed by atoms with E-state index in [4.69, 9.17) is 10.2 Å². The Hall–Kier alpha value is -0.0200. The molecule has 0 radical (unpaired) electrons. The molecule has 0 aliphatic carbocycles. The first kappa shape index (κ1) is 13.0. The Labute approximate surface area is 80.3 Å². The summed E-state index contributed by atoms with van der Waals surface area (Å²) in [5.74, 6) is 0. The minimum absolute atomic E-state index is 0.0509. The molecular weight excluding hydrogens is 189 g/mol. The zero-order valence-corrected chi connectivity index (χ0v) is 9.04. The van der Waals surface area contributed by atoms with Gasteiger partial charge in [0.1, 0.15) is 6.16 Å². The summed E-state index contributed by atoms with van der Waals surface area (Å²) in [4.78, 5) is 1.83. The smallest absolute Gasteiger partial charge is 0.354 e. The molecule has 0 aliphatic rings. The monoisotopic (exact) mass is 208 g/mol. The third-order valence-corrected chi connectivity index (χ3v) is 3.32. The topological polar surface area (TPSA) is 60.8 Å². The number of hydrogen-bond donors (Lipinski definition) is 2. The highest BCUT2D eigenvalue weighted by Gasteiger charge is 2.18. The van der Waals surface area contributed by atoms with Gasteiger partial charge in [0.05, 0.1) is 13.2 Å². The average Bonchev–Trinajstić information content (AvgIpc) is 2.05. The van der Waals surface area contributed by atoms with Gasteiger partial charge in [-0.25, -0.2) is 0 Å². The maximum atomic E-state index is 11.3. The zero-order valence-electron chi connectivity index (χ0n) is 8.15. The normalized spacial score (nSPS) is 12.2. The van der Waals surface area contributed by atoms with Crippen LogP contribution in [0.3, 0.4) is 0 Å². The van der Waals surface area contributed by atoms with Crippen LogP contribution in [0.25, 0.3) is 0 Å². The highest BCUT2D eigenvalue weighted by atomic mass is 31.1. The van der Waals surface area contributed by atoms with E-state index in [0.717, 1.165) is 12.6 Å². The predicted molar refractivity (Wildman–Crippen MR) is 53.4 cm³/mol. The molecule has 0 rings (SSSR count). The average molecular weight is 208 g/mol. The van der Waals surface area contributed by atoms with Crippen molar-refractivity contribution >= 4 is 7.80 Å². The highest BCUT2D eigenvalue weighted by molar-refractivity contribution is 7.44. The van der Waals surface area contributed by atoms with Crippen LogP contribution in [0.5, 0.6) is 0 Å². The maximum absolute atomic E-state index is 11.3. The lowest BCUT2D eigenvalue weighted by atomic mass is 10.5. The molecule has 0 spiro atoms. The van der Waals surface area contributed by atoms with Crippen LogP contribution in [0, 0.1) is 0 Å². The van der Waals surface area contributed by atoms with Gasteiger partial charge in [0, 0.05) is 13.1 Å². The van der Waals surface area contributed by atoms with Gasteiger partial charge < -0.3 is 10.2 Å². The van der Waals surface area contributed by atoms with E-state index in [-0.39, 0.29) is 13.2 Å². The number of hydrogen-bond acceptors (Lipinski definition) is 4. The van der Waals surface area contributed by atoms with E-state index in [1.807, 2.05) is 11.8 Å². The summed E-state index contributed by atoms with van der Waals surface area (Å²) >= 11 is 0. The standard InChI is InChI=1S/C8H19NO3P/c1-2-7-13(12)8-9(3-5-10)4-6-11/h10-11H,2-8H2,1H3/q+1. The summed E-state index contributed by atoms with van der Waals surface area (Å²) in [5, 5.41) is 17.4. The predicted octanol–water partition coefficient (Wildman–Crippen LogP) is 0.468. The van der Waals surface area contributed by atoms with E-state index in [1.165, 1.54) is 0 Å². The van der Waals surface area contributed by atoms with Gasteiger partial charge in [-0.2, -0.15) is 0 Å². The second-order valence-electron chi connectivity index (χ2n) is 2.91. The Balaban J connectivity index is 3.71. The molecule has 78 valence electrons.